The van der Waals surface area contributed by atoms with E-state index in [9.17, 15) is 5.11 Å². The van der Waals surface area contributed by atoms with Gasteiger partial charge in [0.05, 0.1) is 18.7 Å². The van der Waals surface area contributed by atoms with Crippen LogP contribution in [0.1, 0.15) is 31.4 Å². The van der Waals surface area contributed by atoms with Gasteiger partial charge in [0, 0.05) is 24.2 Å². The van der Waals surface area contributed by atoms with Crippen LogP contribution < -0.4 is 4.74 Å². The second-order valence-corrected chi connectivity index (χ2v) is 7.04. The van der Waals surface area contributed by atoms with E-state index in [1.165, 1.54) is 0 Å². The molecule has 3 rings (SSSR count). The molecule has 134 valence electrons. The molecule has 0 saturated carbocycles. The van der Waals surface area contributed by atoms with Crippen LogP contribution in [-0.2, 0) is 0 Å². The van der Waals surface area contributed by atoms with Crippen molar-refractivity contribution in [3.63, 3.8) is 0 Å². The summed E-state index contributed by atoms with van der Waals surface area (Å²) >= 11 is 0. The molecule has 1 aromatic carbocycles. The average molecular weight is 340 g/mol. The highest BCUT2D eigenvalue weighted by Gasteiger charge is 2.36. The van der Waals surface area contributed by atoms with Crippen molar-refractivity contribution < 1.29 is 9.84 Å². The first-order valence-electron chi connectivity index (χ1n) is 9.02. The molecule has 1 aromatic heterocycles. The van der Waals surface area contributed by atoms with Gasteiger partial charge < -0.3 is 9.84 Å². The van der Waals surface area contributed by atoms with E-state index in [2.05, 4.69) is 36.5 Å². The Balaban J connectivity index is 1.96. The zero-order valence-electron chi connectivity index (χ0n) is 15.4. The van der Waals surface area contributed by atoms with Crippen molar-refractivity contribution in [1.29, 1.82) is 0 Å². The fourth-order valence-electron chi connectivity index (χ4n) is 4.13. The van der Waals surface area contributed by atoms with Gasteiger partial charge in [0.1, 0.15) is 5.75 Å². The van der Waals surface area contributed by atoms with Gasteiger partial charge in [0.15, 0.2) is 0 Å². The van der Waals surface area contributed by atoms with Crippen LogP contribution in [0.3, 0.4) is 0 Å². The van der Waals surface area contributed by atoms with Gasteiger partial charge in [-0.2, -0.15) is 0 Å². The number of likely N-dealkylation sites (tertiary alicyclic amines) is 1. The fraction of sp³-hybridized carbons (Fsp3) is 0.476. The zero-order valence-corrected chi connectivity index (χ0v) is 15.4. The standard InChI is InChI=1S/C21H28N2O2/c1-5-14-11-20(23(3)13-15(14)6-2)21(24)17-9-10-22-19-8-7-16(25-4)12-18(17)19/h6-10,12,14-15,20-21,24H,2,5,11,13H2,1,3-4H3/t14?,15-,20+,21-/m0/s1. The monoisotopic (exact) mass is 340 g/mol. The number of aliphatic hydroxyl groups excluding tert-OH is 1. The van der Waals surface area contributed by atoms with E-state index in [1.807, 2.05) is 24.3 Å². The van der Waals surface area contributed by atoms with Gasteiger partial charge in [-0.15, -0.1) is 6.58 Å². The Morgan fingerprint density at radius 3 is 2.92 bits per heavy atom. The van der Waals surface area contributed by atoms with Crippen molar-refractivity contribution in [2.75, 3.05) is 20.7 Å². The first-order chi connectivity index (χ1) is 12.1. The van der Waals surface area contributed by atoms with Crippen LogP contribution in [0.15, 0.2) is 43.1 Å². The molecule has 4 atom stereocenters. The van der Waals surface area contributed by atoms with E-state index in [0.29, 0.717) is 11.8 Å². The molecule has 0 bridgehead atoms. The Morgan fingerprint density at radius 1 is 1.44 bits per heavy atom. The number of hydrogen-bond acceptors (Lipinski definition) is 4. The molecule has 0 amide bonds. The predicted octanol–water partition coefficient (Wildman–Crippen LogP) is 3.81. The maximum absolute atomic E-state index is 11.2. The lowest BCUT2D eigenvalue weighted by Crippen LogP contribution is -2.47. The van der Waals surface area contributed by atoms with Crippen LogP contribution in [0.4, 0.5) is 0 Å². The molecule has 1 aliphatic heterocycles. The van der Waals surface area contributed by atoms with Crippen LogP contribution in [0.5, 0.6) is 5.75 Å². The van der Waals surface area contributed by atoms with Crippen molar-refractivity contribution in [2.24, 2.45) is 11.8 Å². The van der Waals surface area contributed by atoms with Crippen molar-refractivity contribution in [3.8, 4) is 5.75 Å². The lowest BCUT2D eigenvalue weighted by molar-refractivity contribution is 0.00748. The molecular formula is C21H28N2O2. The largest absolute Gasteiger partial charge is 0.497 e. The summed E-state index contributed by atoms with van der Waals surface area (Å²) in [6.45, 7) is 7.16. The van der Waals surface area contributed by atoms with Crippen LogP contribution in [-0.4, -0.2) is 41.7 Å². The van der Waals surface area contributed by atoms with E-state index in [1.54, 1.807) is 13.3 Å². The predicted molar refractivity (Wildman–Crippen MR) is 102 cm³/mol. The summed E-state index contributed by atoms with van der Waals surface area (Å²) in [5.74, 6) is 1.84. The summed E-state index contributed by atoms with van der Waals surface area (Å²) in [5.41, 5.74) is 1.81. The summed E-state index contributed by atoms with van der Waals surface area (Å²) in [4.78, 5) is 6.70. The minimum atomic E-state index is -0.553. The smallest absolute Gasteiger partial charge is 0.119 e. The van der Waals surface area contributed by atoms with Crippen molar-refractivity contribution in [1.82, 2.24) is 9.88 Å². The zero-order chi connectivity index (χ0) is 18.0. The highest BCUT2D eigenvalue weighted by Crippen LogP contribution is 2.37. The summed E-state index contributed by atoms with van der Waals surface area (Å²) in [5, 5.41) is 12.2. The SMILES string of the molecule is C=C[C@H]1CN(C)[C@@H]([C@@H](O)c2ccnc3ccc(OC)cc23)CC1CC. The topological polar surface area (TPSA) is 45.6 Å². The van der Waals surface area contributed by atoms with E-state index in [0.717, 1.165) is 41.6 Å². The van der Waals surface area contributed by atoms with Gasteiger partial charge in [-0.3, -0.25) is 9.88 Å². The van der Waals surface area contributed by atoms with Gasteiger partial charge in [0.2, 0.25) is 0 Å². The van der Waals surface area contributed by atoms with Gasteiger partial charge in [-0.05, 0) is 55.1 Å². The Hall–Kier alpha value is -1.91. The number of aliphatic hydroxyl groups is 1. The minimum absolute atomic E-state index is 0.0953. The lowest BCUT2D eigenvalue weighted by atomic mass is 9.78. The fourth-order valence-corrected chi connectivity index (χ4v) is 4.13. The van der Waals surface area contributed by atoms with Crippen LogP contribution >= 0.6 is 0 Å². The number of likely N-dealkylation sites (N-methyl/N-ethyl adjacent to an activating group) is 1. The number of rotatable bonds is 5. The number of ether oxygens (including phenoxy) is 1. The van der Waals surface area contributed by atoms with Crippen LogP contribution in [0, 0.1) is 11.8 Å². The Kier molecular flexibility index (Phi) is 5.40. The van der Waals surface area contributed by atoms with E-state index in [-0.39, 0.29) is 6.04 Å². The average Bonchev–Trinajstić information content (AvgIpc) is 2.66. The van der Waals surface area contributed by atoms with Gasteiger partial charge in [-0.25, -0.2) is 0 Å². The Bertz CT molecular complexity index is 746. The quantitative estimate of drug-likeness (QED) is 0.841. The summed E-state index contributed by atoms with van der Waals surface area (Å²) in [6.07, 6.45) is 5.37. The number of methoxy groups -OCH3 is 1. The third-order valence-corrected chi connectivity index (χ3v) is 5.71. The minimum Gasteiger partial charge on any atom is -0.497 e. The number of benzene rings is 1. The third-order valence-electron chi connectivity index (χ3n) is 5.71. The molecular weight excluding hydrogens is 312 g/mol. The normalized spacial score (nSPS) is 25.7. The molecule has 25 heavy (non-hydrogen) atoms. The lowest BCUT2D eigenvalue weighted by Gasteiger charge is -2.43. The molecule has 0 spiro atoms. The Morgan fingerprint density at radius 2 is 2.24 bits per heavy atom. The first-order valence-corrected chi connectivity index (χ1v) is 9.02. The molecule has 1 fully saturated rings. The molecule has 4 nitrogen and oxygen atoms in total. The Labute approximate surface area is 150 Å². The molecule has 1 N–H and O–H groups in total. The van der Waals surface area contributed by atoms with Gasteiger partial charge in [-0.1, -0.05) is 19.4 Å². The maximum atomic E-state index is 11.2. The molecule has 0 radical (unpaired) electrons. The van der Waals surface area contributed by atoms with Crippen LogP contribution in [0.2, 0.25) is 0 Å². The van der Waals surface area contributed by atoms with Crippen molar-refractivity contribution >= 4 is 10.9 Å². The second-order valence-electron chi connectivity index (χ2n) is 7.04. The number of piperidine rings is 1. The van der Waals surface area contributed by atoms with Crippen molar-refractivity contribution in [3.05, 3.63) is 48.7 Å². The molecule has 2 heterocycles. The molecule has 1 unspecified atom stereocenters. The summed E-state index contributed by atoms with van der Waals surface area (Å²) in [7, 11) is 3.75. The van der Waals surface area contributed by atoms with E-state index >= 15 is 0 Å². The molecule has 0 aliphatic carbocycles. The summed E-state index contributed by atoms with van der Waals surface area (Å²) < 4.78 is 5.36. The van der Waals surface area contributed by atoms with E-state index in [4.69, 9.17) is 4.74 Å². The molecule has 1 aliphatic rings. The van der Waals surface area contributed by atoms with Gasteiger partial charge >= 0.3 is 0 Å². The first kappa shape index (κ1) is 17.9. The van der Waals surface area contributed by atoms with E-state index < -0.39 is 6.10 Å². The number of pyridine rings is 1. The number of hydrogen-bond donors (Lipinski definition) is 1. The van der Waals surface area contributed by atoms with Crippen LogP contribution in [0.25, 0.3) is 10.9 Å². The number of aromatic nitrogens is 1. The maximum Gasteiger partial charge on any atom is 0.119 e. The third kappa shape index (κ3) is 3.42. The molecule has 4 heteroatoms. The second kappa shape index (κ2) is 7.54. The summed E-state index contributed by atoms with van der Waals surface area (Å²) in [6, 6.07) is 7.84. The number of fused-ring (bicyclic) bond motifs is 1. The van der Waals surface area contributed by atoms with Gasteiger partial charge in [0.25, 0.3) is 0 Å². The van der Waals surface area contributed by atoms with Crippen molar-refractivity contribution in [2.45, 2.75) is 31.9 Å². The highest BCUT2D eigenvalue weighted by molar-refractivity contribution is 5.83. The highest BCUT2D eigenvalue weighted by atomic mass is 16.5. The number of nitrogens with zero attached hydrogens (tertiary/aromatic N) is 2. The molecule has 2 aromatic rings. The molecule has 1 saturated heterocycles.